The summed E-state index contributed by atoms with van der Waals surface area (Å²) in [7, 11) is 1.60. The Morgan fingerprint density at radius 2 is 1.78 bits per heavy atom. The molecule has 0 saturated heterocycles. The van der Waals surface area contributed by atoms with E-state index < -0.39 is 0 Å². The van der Waals surface area contributed by atoms with Gasteiger partial charge in [-0.25, -0.2) is 0 Å². The molecule has 1 aromatic heterocycles. The highest BCUT2D eigenvalue weighted by Crippen LogP contribution is 2.16. The summed E-state index contributed by atoms with van der Waals surface area (Å²) in [6.07, 6.45) is 5.72. The normalized spacial score (nSPS) is 10.7. The molecule has 6 nitrogen and oxygen atoms in total. The number of aromatic nitrogens is 1. The monoisotopic (exact) mass is 429 g/mol. The number of nitrogens with one attached hydrogen (secondary N) is 1. The number of nitrogens with zero attached hydrogens (tertiary/aromatic N) is 2. The first-order valence-electron chi connectivity index (χ1n) is 10.5. The molecule has 2 aromatic carbocycles. The maximum atomic E-state index is 12.4. The summed E-state index contributed by atoms with van der Waals surface area (Å²) in [6, 6.07) is 20.8. The molecule has 0 aliphatic rings. The van der Waals surface area contributed by atoms with Crippen molar-refractivity contribution in [2.75, 3.05) is 18.9 Å². The number of aryl methyl sites for hydroxylation is 1. The lowest BCUT2D eigenvalue weighted by atomic mass is 10.1. The van der Waals surface area contributed by atoms with Crippen LogP contribution in [0.3, 0.4) is 0 Å². The Bertz CT molecular complexity index is 1060. The fourth-order valence-electron chi connectivity index (χ4n) is 3.04. The van der Waals surface area contributed by atoms with E-state index in [4.69, 9.17) is 4.74 Å². The molecule has 0 saturated carbocycles. The first-order valence-corrected chi connectivity index (χ1v) is 10.5. The molecule has 0 spiro atoms. The maximum Gasteiger partial charge on any atom is 0.246 e. The smallest absolute Gasteiger partial charge is 0.246 e. The molecule has 1 heterocycles. The van der Waals surface area contributed by atoms with E-state index in [0.717, 1.165) is 34.7 Å². The van der Waals surface area contributed by atoms with E-state index >= 15 is 0 Å². The largest absolute Gasteiger partial charge is 0.487 e. The van der Waals surface area contributed by atoms with Crippen LogP contribution in [0.25, 0.3) is 6.08 Å². The van der Waals surface area contributed by atoms with E-state index in [0.29, 0.717) is 6.61 Å². The quantitative estimate of drug-likeness (QED) is 0.514. The van der Waals surface area contributed by atoms with Gasteiger partial charge in [0.2, 0.25) is 11.8 Å². The molecule has 3 aromatic rings. The van der Waals surface area contributed by atoms with E-state index in [1.54, 1.807) is 19.3 Å². The Labute approximate surface area is 188 Å². The third-order valence-electron chi connectivity index (χ3n) is 4.84. The second-order valence-electron chi connectivity index (χ2n) is 7.27. The zero-order valence-corrected chi connectivity index (χ0v) is 18.3. The van der Waals surface area contributed by atoms with Crippen LogP contribution in [0, 0.1) is 0 Å². The number of benzene rings is 2. The molecule has 32 heavy (non-hydrogen) atoms. The second-order valence-corrected chi connectivity index (χ2v) is 7.27. The molecule has 0 aliphatic heterocycles. The Morgan fingerprint density at radius 1 is 1.03 bits per heavy atom. The topological polar surface area (TPSA) is 71.5 Å². The van der Waals surface area contributed by atoms with Gasteiger partial charge in [-0.05, 0) is 54.0 Å². The molecule has 0 unspecified atom stereocenters. The highest BCUT2D eigenvalue weighted by atomic mass is 16.5. The van der Waals surface area contributed by atoms with Gasteiger partial charge < -0.3 is 15.0 Å². The third-order valence-corrected chi connectivity index (χ3v) is 4.84. The van der Waals surface area contributed by atoms with Crippen LogP contribution in [0.2, 0.25) is 0 Å². The first-order chi connectivity index (χ1) is 15.5. The molecule has 0 fully saturated rings. The van der Waals surface area contributed by atoms with Crippen molar-refractivity contribution in [3.05, 3.63) is 95.8 Å². The van der Waals surface area contributed by atoms with Crippen molar-refractivity contribution in [2.45, 2.75) is 20.0 Å². The fourth-order valence-corrected chi connectivity index (χ4v) is 3.04. The minimum Gasteiger partial charge on any atom is -0.487 e. The summed E-state index contributed by atoms with van der Waals surface area (Å²) in [5.41, 5.74) is 3.55. The van der Waals surface area contributed by atoms with E-state index in [1.165, 1.54) is 11.0 Å². The summed E-state index contributed by atoms with van der Waals surface area (Å²) in [5, 5.41) is 2.88. The number of likely N-dealkylation sites (N-methyl/N-ethyl adjacent to an activating group) is 1. The number of anilines is 1. The van der Waals surface area contributed by atoms with E-state index in [-0.39, 0.29) is 18.4 Å². The molecule has 0 radical (unpaired) electrons. The number of hydrogen-bond acceptors (Lipinski definition) is 4. The van der Waals surface area contributed by atoms with Gasteiger partial charge in [0.25, 0.3) is 0 Å². The summed E-state index contributed by atoms with van der Waals surface area (Å²) in [6.45, 7) is 2.40. The van der Waals surface area contributed by atoms with E-state index in [1.807, 2.05) is 73.7 Å². The predicted octanol–water partition coefficient (Wildman–Crippen LogP) is 4.33. The number of ether oxygens (including phenoxy) is 1. The molecule has 0 bridgehead atoms. The van der Waals surface area contributed by atoms with Crippen molar-refractivity contribution in [3.63, 3.8) is 0 Å². The molecular formula is C26H27N3O3. The highest BCUT2D eigenvalue weighted by molar-refractivity contribution is 5.98. The van der Waals surface area contributed by atoms with Crippen molar-refractivity contribution in [1.29, 1.82) is 0 Å². The molecule has 1 N–H and O–H groups in total. The number of pyridine rings is 1. The SMILES string of the molecule is CCc1ccccc1NC(=O)CN(C)C(=O)/C=C/c1ccc(OCc2ccccn2)cc1. The standard InChI is InChI=1S/C26H27N3O3/c1-3-21-8-4-5-10-24(21)28-25(30)18-29(2)26(31)16-13-20-11-14-23(15-12-20)32-19-22-9-6-7-17-27-22/h4-17H,3,18-19H2,1-2H3,(H,28,30)/b16-13+. The van der Waals surface area contributed by atoms with Crippen molar-refractivity contribution >= 4 is 23.6 Å². The maximum absolute atomic E-state index is 12.4. The minimum absolute atomic E-state index is 0.0263. The van der Waals surface area contributed by atoms with Gasteiger partial charge in [-0.2, -0.15) is 0 Å². The number of carbonyl (C=O) groups excluding carboxylic acids is 2. The number of carbonyl (C=O) groups is 2. The molecular weight excluding hydrogens is 402 g/mol. The molecule has 0 aliphatic carbocycles. The van der Waals surface area contributed by atoms with Crippen LogP contribution < -0.4 is 10.1 Å². The van der Waals surface area contributed by atoms with Crippen LogP contribution in [0.5, 0.6) is 5.75 Å². The lowest BCUT2D eigenvalue weighted by Crippen LogP contribution is -2.34. The second kappa shape index (κ2) is 11.5. The van der Waals surface area contributed by atoms with Crippen molar-refractivity contribution in [2.24, 2.45) is 0 Å². The molecule has 164 valence electrons. The zero-order valence-electron chi connectivity index (χ0n) is 18.3. The molecule has 3 rings (SSSR count). The first kappa shape index (κ1) is 22.7. The van der Waals surface area contributed by atoms with E-state index in [9.17, 15) is 9.59 Å². The number of amides is 2. The van der Waals surface area contributed by atoms with Gasteiger partial charge in [-0.1, -0.05) is 43.3 Å². The van der Waals surface area contributed by atoms with Crippen LogP contribution in [-0.2, 0) is 22.6 Å². The van der Waals surface area contributed by atoms with Gasteiger partial charge in [-0.15, -0.1) is 0 Å². The van der Waals surface area contributed by atoms with Crippen molar-refractivity contribution in [3.8, 4) is 5.75 Å². The third kappa shape index (κ3) is 6.80. The molecule has 6 heteroatoms. The summed E-state index contributed by atoms with van der Waals surface area (Å²) in [5.74, 6) is 0.240. The van der Waals surface area contributed by atoms with Crippen LogP contribution in [0.1, 0.15) is 23.7 Å². The summed E-state index contributed by atoms with van der Waals surface area (Å²) in [4.78, 5) is 30.3. The van der Waals surface area contributed by atoms with Crippen LogP contribution in [-0.4, -0.2) is 35.3 Å². The van der Waals surface area contributed by atoms with Crippen molar-refractivity contribution in [1.82, 2.24) is 9.88 Å². The number of rotatable bonds is 9. The van der Waals surface area contributed by atoms with E-state index in [2.05, 4.69) is 10.3 Å². The van der Waals surface area contributed by atoms with Gasteiger partial charge in [-0.3, -0.25) is 14.6 Å². The Balaban J connectivity index is 1.48. The predicted molar refractivity (Wildman–Crippen MR) is 126 cm³/mol. The van der Waals surface area contributed by atoms with Crippen molar-refractivity contribution < 1.29 is 14.3 Å². The lowest BCUT2D eigenvalue weighted by Gasteiger charge is -2.16. The zero-order chi connectivity index (χ0) is 22.8. The summed E-state index contributed by atoms with van der Waals surface area (Å²) < 4.78 is 5.71. The Hall–Kier alpha value is -3.93. The van der Waals surface area contributed by atoms with Crippen LogP contribution in [0.15, 0.2) is 79.0 Å². The van der Waals surface area contributed by atoms with Gasteiger partial charge in [0.1, 0.15) is 12.4 Å². The minimum atomic E-state index is -0.251. The Kier molecular flexibility index (Phi) is 8.15. The van der Waals surface area contributed by atoms with Gasteiger partial charge >= 0.3 is 0 Å². The lowest BCUT2D eigenvalue weighted by molar-refractivity contribution is -0.129. The van der Waals surface area contributed by atoms with Gasteiger partial charge in [0, 0.05) is 25.0 Å². The van der Waals surface area contributed by atoms with Crippen LogP contribution >= 0.6 is 0 Å². The fraction of sp³-hybridized carbons (Fsp3) is 0.192. The molecule has 2 amide bonds. The summed E-state index contributed by atoms with van der Waals surface area (Å²) >= 11 is 0. The van der Waals surface area contributed by atoms with Gasteiger partial charge in [0.15, 0.2) is 0 Å². The highest BCUT2D eigenvalue weighted by Gasteiger charge is 2.12. The van der Waals surface area contributed by atoms with Gasteiger partial charge in [0.05, 0.1) is 12.2 Å². The number of hydrogen-bond donors (Lipinski definition) is 1. The number of para-hydroxylation sites is 1. The Morgan fingerprint density at radius 3 is 2.50 bits per heavy atom. The average Bonchev–Trinajstić information content (AvgIpc) is 2.82. The van der Waals surface area contributed by atoms with Crippen LogP contribution in [0.4, 0.5) is 5.69 Å². The average molecular weight is 430 g/mol. The molecule has 0 atom stereocenters.